The highest BCUT2D eigenvalue weighted by molar-refractivity contribution is 5.97. The Kier molecular flexibility index (Phi) is 5.36. The molecule has 0 fully saturated rings. The van der Waals surface area contributed by atoms with E-state index in [-0.39, 0.29) is 23.4 Å². The van der Waals surface area contributed by atoms with Gasteiger partial charge in [-0.15, -0.1) is 0 Å². The zero-order valence-corrected chi connectivity index (χ0v) is 20.0. The zero-order valence-electron chi connectivity index (χ0n) is 20.0. The minimum absolute atomic E-state index is 0.136. The van der Waals surface area contributed by atoms with Gasteiger partial charge in [-0.25, -0.2) is 9.67 Å². The Hall–Kier alpha value is -4.46. The number of ketones is 1. The Bertz CT molecular complexity index is 1720. The molecule has 176 valence electrons. The summed E-state index contributed by atoms with van der Waals surface area (Å²) in [5.41, 5.74) is 4.07. The molecule has 0 aliphatic carbocycles. The lowest BCUT2D eigenvalue weighted by Crippen LogP contribution is -2.25. The van der Waals surface area contributed by atoms with E-state index >= 15 is 0 Å². The molecule has 0 unspecified atom stereocenters. The normalized spacial score (nSPS) is 11.3. The highest BCUT2D eigenvalue weighted by atomic mass is 16.1. The van der Waals surface area contributed by atoms with Gasteiger partial charge >= 0.3 is 0 Å². The number of hydrogen-bond donors (Lipinski definition) is 0. The highest BCUT2D eigenvalue weighted by Gasteiger charge is 2.24. The van der Waals surface area contributed by atoms with E-state index in [1.807, 2.05) is 73.5 Å². The van der Waals surface area contributed by atoms with Crippen LogP contribution >= 0.6 is 0 Å². The molecule has 0 bridgehead atoms. The number of carbonyl (C=O) groups excluding carboxylic acids is 1. The van der Waals surface area contributed by atoms with Crippen LogP contribution < -0.4 is 11.1 Å². The number of Topliss-reactive ketones (excluding diaryl/α,β-unsaturated/α-hetero) is 1. The van der Waals surface area contributed by atoms with E-state index in [1.54, 1.807) is 28.9 Å². The van der Waals surface area contributed by atoms with E-state index in [0.29, 0.717) is 27.8 Å². The van der Waals surface area contributed by atoms with Gasteiger partial charge in [0.2, 0.25) is 0 Å². The summed E-state index contributed by atoms with van der Waals surface area (Å²) in [6.45, 7) is 5.44. The Morgan fingerprint density at radius 3 is 2.31 bits per heavy atom. The molecule has 0 aliphatic rings. The van der Waals surface area contributed by atoms with Crippen LogP contribution in [0.1, 0.15) is 27.4 Å². The summed E-state index contributed by atoms with van der Waals surface area (Å²) in [6, 6.07) is 18.3. The molecule has 8 heteroatoms. The Morgan fingerprint density at radius 2 is 1.57 bits per heavy atom. The fourth-order valence-corrected chi connectivity index (χ4v) is 4.66. The summed E-state index contributed by atoms with van der Waals surface area (Å²) in [5.74, 6) is -0.222. The van der Waals surface area contributed by atoms with Gasteiger partial charge in [0, 0.05) is 24.0 Å². The molecule has 5 aromatic rings. The molecule has 3 heterocycles. The van der Waals surface area contributed by atoms with Crippen molar-refractivity contribution in [1.82, 2.24) is 23.5 Å². The second-order valence-electron chi connectivity index (χ2n) is 8.65. The van der Waals surface area contributed by atoms with Crippen molar-refractivity contribution in [2.24, 2.45) is 7.05 Å². The van der Waals surface area contributed by atoms with Crippen LogP contribution in [0, 0.1) is 20.8 Å². The monoisotopic (exact) mass is 467 g/mol. The maximum atomic E-state index is 13.5. The average Bonchev–Trinajstić information content (AvgIpc) is 3.27. The zero-order chi connectivity index (χ0) is 24.9. The van der Waals surface area contributed by atoms with Crippen molar-refractivity contribution in [1.29, 1.82) is 0 Å². The van der Waals surface area contributed by atoms with E-state index in [0.717, 1.165) is 17.1 Å². The first-order valence-electron chi connectivity index (χ1n) is 11.3. The molecule has 0 spiro atoms. The fourth-order valence-electron chi connectivity index (χ4n) is 4.66. The molecule has 0 atom stereocenters. The van der Waals surface area contributed by atoms with Crippen molar-refractivity contribution < 1.29 is 4.79 Å². The lowest BCUT2D eigenvalue weighted by molar-refractivity contribution is 0.0970. The van der Waals surface area contributed by atoms with Crippen LogP contribution in [0.25, 0.3) is 22.3 Å². The molecule has 0 N–H and O–H groups in total. The summed E-state index contributed by atoms with van der Waals surface area (Å²) >= 11 is 0. The Morgan fingerprint density at radius 1 is 0.886 bits per heavy atom. The van der Waals surface area contributed by atoms with Gasteiger partial charge in [0.05, 0.1) is 35.2 Å². The standard InChI is InChI=1S/C27H25N5O3/c1-17-14-22(24(33)15-30-16-28-23-13-9-8-12-21(23)26(30)34)18(2)31(17)25-19(3)29(4)32(27(25)35)20-10-6-5-7-11-20/h5-14,16H,15H2,1-4H3. The number of benzene rings is 2. The lowest BCUT2D eigenvalue weighted by atomic mass is 10.1. The molecule has 5 rings (SSSR count). The molecule has 0 aliphatic heterocycles. The molecule has 35 heavy (non-hydrogen) atoms. The maximum absolute atomic E-state index is 13.5. The molecule has 0 radical (unpaired) electrons. The summed E-state index contributed by atoms with van der Waals surface area (Å²) < 4.78 is 6.58. The lowest BCUT2D eigenvalue weighted by Gasteiger charge is -2.09. The predicted octanol–water partition coefficient (Wildman–Crippen LogP) is 3.48. The molecular weight excluding hydrogens is 442 g/mol. The summed E-state index contributed by atoms with van der Waals surface area (Å²) in [4.78, 5) is 44.0. The van der Waals surface area contributed by atoms with E-state index in [1.165, 1.54) is 10.9 Å². The first kappa shape index (κ1) is 22.3. The third-order valence-electron chi connectivity index (χ3n) is 6.52. The van der Waals surface area contributed by atoms with E-state index in [4.69, 9.17) is 0 Å². The van der Waals surface area contributed by atoms with Gasteiger partial charge in [-0.05, 0) is 51.1 Å². The largest absolute Gasteiger partial charge is 0.311 e. The molecule has 3 aromatic heterocycles. The number of fused-ring (bicyclic) bond motifs is 1. The van der Waals surface area contributed by atoms with Crippen LogP contribution in [0.4, 0.5) is 0 Å². The third kappa shape index (κ3) is 3.54. The first-order valence-corrected chi connectivity index (χ1v) is 11.3. The van der Waals surface area contributed by atoms with Gasteiger partial charge in [0.15, 0.2) is 5.78 Å². The van der Waals surface area contributed by atoms with Crippen molar-refractivity contribution >= 4 is 16.7 Å². The minimum Gasteiger partial charge on any atom is -0.311 e. The number of aryl methyl sites for hydroxylation is 1. The average molecular weight is 468 g/mol. The quantitative estimate of drug-likeness (QED) is 0.371. The van der Waals surface area contributed by atoms with Crippen molar-refractivity contribution in [2.45, 2.75) is 27.3 Å². The number of aromatic nitrogens is 5. The minimum atomic E-state index is -0.262. The van der Waals surface area contributed by atoms with E-state index in [9.17, 15) is 14.4 Å². The van der Waals surface area contributed by atoms with E-state index in [2.05, 4.69) is 4.98 Å². The number of nitrogens with zero attached hydrogens (tertiary/aromatic N) is 5. The molecule has 0 saturated heterocycles. The topological polar surface area (TPSA) is 83.8 Å². The predicted molar refractivity (Wildman–Crippen MR) is 135 cm³/mol. The second kappa shape index (κ2) is 8.39. The number of hydrogen-bond acceptors (Lipinski definition) is 4. The van der Waals surface area contributed by atoms with Crippen LogP contribution in [-0.4, -0.2) is 29.3 Å². The SMILES string of the molecule is Cc1cc(C(=O)Cn2cnc3ccccc3c2=O)c(C)n1-c1c(C)n(C)n(-c2ccccc2)c1=O. The molecule has 8 nitrogen and oxygen atoms in total. The van der Waals surface area contributed by atoms with Gasteiger partial charge in [-0.1, -0.05) is 30.3 Å². The first-order chi connectivity index (χ1) is 16.8. The van der Waals surface area contributed by atoms with E-state index < -0.39 is 0 Å². The van der Waals surface area contributed by atoms with Gasteiger partial charge in [-0.2, -0.15) is 0 Å². The van der Waals surface area contributed by atoms with Crippen LogP contribution in [0.5, 0.6) is 0 Å². The smallest absolute Gasteiger partial charge is 0.295 e. The fraction of sp³-hybridized carbons (Fsp3) is 0.185. The number of para-hydroxylation sites is 2. The molecule has 0 amide bonds. The van der Waals surface area contributed by atoms with Crippen molar-refractivity contribution in [3.8, 4) is 11.4 Å². The van der Waals surface area contributed by atoms with Crippen molar-refractivity contribution in [3.63, 3.8) is 0 Å². The van der Waals surface area contributed by atoms with Crippen LogP contribution in [0.15, 0.2) is 76.6 Å². The van der Waals surface area contributed by atoms with Crippen LogP contribution in [-0.2, 0) is 13.6 Å². The third-order valence-corrected chi connectivity index (χ3v) is 6.52. The van der Waals surface area contributed by atoms with Crippen molar-refractivity contribution in [3.05, 3.63) is 110 Å². The number of carbonyl (C=O) groups is 1. The van der Waals surface area contributed by atoms with Gasteiger partial charge in [0.25, 0.3) is 11.1 Å². The summed E-state index contributed by atoms with van der Waals surface area (Å²) in [7, 11) is 1.84. The van der Waals surface area contributed by atoms with Crippen LogP contribution in [0.3, 0.4) is 0 Å². The van der Waals surface area contributed by atoms with Gasteiger partial charge < -0.3 is 4.57 Å². The van der Waals surface area contributed by atoms with Crippen molar-refractivity contribution in [2.75, 3.05) is 0 Å². The second-order valence-corrected chi connectivity index (χ2v) is 8.65. The highest BCUT2D eigenvalue weighted by Crippen LogP contribution is 2.23. The Labute approximate surface area is 201 Å². The van der Waals surface area contributed by atoms with Gasteiger partial charge in [0.1, 0.15) is 5.69 Å². The van der Waals surface area contributed by atoms with Crippen LogP contribution in [0.2, 0.25) is 0 Å². The Balaban J connectivity index is 1.57. The summed E-state index contributed by atoms with van der Waals surface area (Å²) in [5, 5.41) is 0.467. The maximum Gasteiger partial charge on any atom is 0.295 e. The summed E-state index contributed by atoms with van der Waals surface area (Å²) in [6.07, 6.45) is 1.40. The molecule has 0 saturated carbocycles. The molecule has 2 aromatic carbocycles. The molecular formula is C27H25N5O3. The van der Waals surface area contributed by atoms with Gasteiger partial charge in [-0.3, -0.25) is 23.6 Å². The number of rotatable bonds is 5.